The average Bonchev–Trinajstić information content (AvgIpc) is 2.47. The van der Waals surface area contributed by atoms with Gasteiger partial charge in [-0.25, -0.2) is 4.98 Å². The highest BCUT2D eigenvalue weighted by Crippen LogP contribution is 2.22. The van der Waals surface area contributed by atoms with Crippen LogP contribution in [0.4, 0.5) is 0 Å². The second-order valence-corrected chi connectivity index (χ2v) is 4.21. The molecule has 0 bridgehead atoms. The second kappa shape index (κ2) is 6.06. The van der Waals surface area contributed by atoms with Gasteiger partial charge < -0.3 is 15.2 Å². The van der Waals surface area contributed by atoms with E-state index in [0.29, 0.717) is 6.42 Å². The zero-order chi connectivity index (χ0) is 14.5. The number of hydrogen-bond donors (Lipinski definition) is 1. The first-order valence-electron chi connectivity index (χ1n) is 6.11. The third-order valence-corrected chi connectivity index (χ3v) is 2.94. The van der Waals surface area contributed by atoms with E-state index in [9.17, 15) is 4.79 Å². The summed E-state index contributed by atoms with van der Waals surface area (Å²) in [5.41, 5.74) is 7.32. The van der Waals surface area contributed by atoms with Gasteiger partial charge in [-0.15, -0.1) is 0 Å². The normalized spacial score (nSPS) is 10.1. The Morgan fingerprint density at radius 1 is 1.15 bits per heavy atom. The topological polar surface area (TPSA) is 74.4 Å². The van der Waals surface area contributed by atoms with Gasteiger partial charge in [-0.1, -0.05) is 18.2 Å². The maximum absolute atomic E-state index is 11.2. The van der Waals surface area contributed by atoms with Crippen LogP contribution < -0.4 is 15.2 Å². The molecule has 2 rings (SSSR count). The lowest BCUT2D eigenvalue weighted by Crippen LogP contribution is -2.13. The van der Waals surface area contributed by atoms with Gasteiger partial charge in [0, 0.05) is 17.7 Å². The van der Waals surface area contributed by atoms with Crippen molar-refractivity contribution in [2.75, 3.05) is 14.2 Å². The number of para-hydroxylation sites is 1. The summed E-state index contributed by atoms with van der Waals surface area (Å²) in [5, 5.41) is 0. The Bertz CT molecular complexity index is 626. The predicted molar refractivity (Wildman–Crippen MR) is 75.1 cm³/mol. The number of amides is 1. The van der Waals surface area contributed by atoms with Gasteiger partial charge in [0.25, 0.3) is 5.91 Å². The Morgan fingerprint density at radius 2 is 1.90 bits per heavy atom. The molecule has 0 unspecified atom stereocenters. The number of pyridine rings is 1. The van der Waals surface area contributed by atoms with Gasteiger partial charge in [-0.3, -0.25) is 4.79 Å². The van der Waals surface area contributed by atoms with Crippen LogP contribution in [0.25, 0.3) is 0 Å². The van der Waals surface area contributed by atoms with Crippen molar-refractivity contribution in [2.45, 2.75) is 6.42 Å². The average molecular weight is 272 g/mol. The minimum Gasteiger partial charge on any atom is -0.496 e. The number of nitrogens with two attached hydrogens (primary N) is 1. The fraction of sp³-hybridized carbons (Fsp3) is 0.200. The molecule has 0 saturated carbocycles. The number of methoxy groups -OCH3 is 2. The van der Waals surface area contributed by atoms with Gasteiger partial charge in [-0.2, -0.15) is 0 Å². The van der Waals surface area contributed by atoms with Gasteiger partial charge in [0.05, 0.1) is 14.2 Å². The first kappa shape index (κ1) is 13.9. The molecule has 0 saturated heterocycles. The molecule has 1 heterocycles. The van der Waals surface area contributed by atoms with E-state index in [-0.39, 0.29) is 11.4 Å². The van der Waals surface area contributed by atoms with Crippen LogP contribution in [0.2, 0.25) is 0 Å². The SMILES string of the molecule is COc1ccccc1Cc1ccc(C(N)=O)c(OC)n1. The van der Waals surface area contributed by atoms with Crippen LogP contribution in [0.5, 0.6) is 11.6 Å². The standard InChI is InChI=1S/C15H16N2O3/c1-19-13-6-4-3-5-10(13)9-11-7-8-12(14(16)18)15(17-11)20-2/h3-8H,9H2,1-2H3,(H2,16,18). The molecular weight excluding hydrogens is 256 g/mol. The van der Waals surface area contributed by atoms with Crippen molar-refractivity contribution >= 4 is 5.91 Å². The van der Waals surface area contributed by atoms with Crippen LogP contribution in [-0.4, -0.2) is 25.1 Å². The molecule has 0 aliphatic heterocycles. The smallest absolute Gasteiger partial charge is 0.254 e. The zero-order valence-corrected chi connectivity index (χ0v) is 11.4. The summed E-state index contributed by atoms with van der Waals surface area (Å²) in [6, 6.07) is 11.1. The molecule has 20 heavy (non-hydrogen) atoms. The Morgan fingerprint density at radius 3 is 2.55 bits per heavy atom. The van der Waals surface area contributed by atoms with E-state index in [1.54, 1.807) is 19.2 Å². The first-order valence-corrected chi connectivity index (χ1v) is 6.11. The van der Waals surface area contributed by atoms with Crippen LogP contribution in [0.3, 0.4) is 0 Å². The first-order chi connectivity index (χ1) is 9.65. The number of nitrogens with zero attached hydrogens (tertiary/aromatic N) is 1. The summed E-state index contributed by atoms with van der Waals surface area (Å²) in [6.45, 7) is 0. The van der Waals surface area contributed by atoms with Gasteiger partial charge in [0.15, 0.2) is 0 Å². The molecule has 1 amide bonds. The maximum Gasteiger partial charge on any atom is 0.254 e. The molecule has 0 aliphatic rings. The molecule has 2 N–H and O–H groups in total. The number of benzene rings is 1. The molecule has 5 nitrogen and oxygen atoms in total. The fourth-order valence-electron chi connectivity index (χ4n) is 1.96. The highest BCUT2D eigenvalue weighted by atomic mass is 16.5. The summed E-state index contributed by atoms with van der Waals surface area (Å²) >= 11 is 0. The minimum absolute atomic E-state index is 0.241. The molecule has 0 atom stereocenters. The Balaban J connectivity index is 2.32. The highest BCUT2D eigenvalue weighted by molar-refractivity contribution is 5.95. The van der Waals surface area contributed by atoms with E-state index >= 15 is 0 Å². The summed E-state index contributed by atoms with van der Waals surface area (Å²) in [4.78, 5) is 15.5. The van der Waals surface area contributed by atoms with Crippen LogP contribution in [-0.2, 0) is 6.42 Å². The van der Waals surface area contributed by atoms with E-state index in [2.05, 4.69) is 4.98 Å². The molecule has 1 aromatic heterocycles. The van der Waals surface area contributed by atoms with Crippen molar-refractivity contribution in [3.8, 4) is 11.6 Å². The van der Waals surface area contributed by atoms with E-state index in [4.69, 9.17) is 15.2 Å². The highest BCUT2D eigenvalue weighted by Gasteiger charge is 2.12. The summed E-state index contributed by atoms with van der Waals surface area (Å²) in [5.74, 6) is 0.482. The van der Waals surface area contributed by atoms with Gasteiger partial charge in [0.2, 0.25) is 5.88 Å². The Kier molecular flexibility index (Phi) is 4.20. The molecule has 0 fully saturated rings. The van der Waals surface area contributed by atoms with Crippen molar-refractivity contribution in [3.05, 3.63) is 53.2 Å². The number of primary amides is 1. The van der Waals surface area contributed by atoms with E-state index in [1.165, 1.54) is 7.11 Å². The quantitative estimate of drug-likeness (QED) is 0.900. The molecular formula is C15H16N2O3. The minimum atomic E-state index is -0.557. The third kappa shape index (κ3) is 2.88. The second-order valence-electron chi connectivity index (χ2n) is 4.21. The molecule has 104 valence electrons. The molecule has 2 aromatic rings. The molecule has 0 spiro atoms. The lowest BCUT2D eigenvalue weighted by Gasteiger charge is -2.10. The van der Waals surface area contributed by atoms with Gasteiger partial charge >= 0.3 is 0 Å². The van der Waals surface area contributed by atoms with Crippen LogP contribution >= 0.6 is 0 Å². The van der Waals surface area contributed by atoms with Crippen molar-refractivity contribution in [2.24, 2.45) is 5.73 Å². The predicted octanol–water partition coefficient (Wildman–Crippen LogP) is 1.79. The molecule has 0 aliphatic carbocycles. The lowest BCUT2D eigenvalue weighted by atomic mass is 10.1. The number of aromatic nitrogens is 1. The van der Waals surface area contributed by atoms with Gasteiger partial charge in [-0.05, 0) is 18.2 Å². The number of rotatable bonds is 5. The fourth-order valence-corrected chi connectivity index (χ4v) is 1.96. The summed E-state index contributed by atoms with van der Waals surface area (Å²) in [6.07, 6.45) is 0.583. The molecule has 5 heteroatoms. The van der Waals surface area contributed by atoms with Crippen LogP contribution in [0, 0.1) is 0 Å². The summed E-state index contributed by atoms with van der Waals surface area (Å²) < 4.78 is 10.4. The molecule has 0 radical (unpaired) electrons. The third-order valence-electron chi connectivity index (χ3n) is 2.94. The maximum atomic E-state index is 11.2. The summed E-state index contributed by atoms with van der Waals surface area (Å²) in [7, 11) is 3.09. The number of ether oxygens (including phenoxy) is 2. The van der Waals surface area contributed by atoms with Crippen molar-refractivity contribution < 1.29 is 14.3 Å². The van der Waals surface area contributed by atoms with Gasteiger partial charge in [0.1, 0.15) is 11.3 Å². The van der Waals surface area contributed by atoms with E-state index in [1.807, 2.05) is 24.3 Å². The number of carbonyl (C=O) groups excluding carboxylic acids is 1. The van der Waals surface area contributed by atoms with E-state index in [0.717, 1.165) is 17.0 Å². The zero-order valence-electron chi connectivity index (χ0n) is 11.4. The molecule has 1 aromatic carbocycles. The Hall–Kier alpha value is -2.56. The van der Waals surface area contributed by atoms with E-state index < -0.39 is 5.91 Å². The number of carbonyl (C=O) groups is 1. The van der Waals surface area contributed by atoms with Crippen molar-refractivity contribution in [1.82, 2.24) is 4.98 Å². The number of hydrogen-bond acceptors (Lipinski definition) is 4. The Labute approximate surface area is 117 Å². The van der Waals surface area contributed by atoms with Crippen LogP contribution in [0.1, 0.15) is 21.6 Å². The lowest BCUT2D eigenvalue weighted by molar-refractivity contribution is 0.0996. The van der Waals surface area contributed by atoms with Crippen molar-refractivity contribution in [1.29, 1.82) is 0 Å². The van der Waals surface area contributed by atoms with Crippen LogP contribution in [0.15, 0.2) is 36.4 Å². The largest absolute Gasteiger partial charge is 0.496 e. The monoisotopic (exact) mass is 272 g/mol. The van der Waals surface area contributed by atoms with Crippen molar-refractivity contribution in [3.63, 3.8) is 0 Å².